The summed E-state index contributed by atoms with van der Waals surface area (Å²) >= 11 is 3.64. The van der Waals surface area contributed by atoms with Crippen LogP contribution < -0.4 is 10.1 Å². The lowest BCUT2D eigenvalue weighted by atomic mass is 9.88. The molecule has 1 unspecified atom stereocenters. The van der Waals surface area contributed by atoms with Crippen molar-refractivity contribution in [2.45, 2.75) is 52.5 Å². The average Bonchev–Trinajstić information content (AvgIpc) is 2.88. The fraction of sp³-hybridized carbons (Fsp3) is 0.647. The fourth-order valence-electron chi connectivity index (χ4n) is 3.26. The van der Waals surface area contributed by atoms with Crippen LogP contribution in [0.15, 0.2) is 16.6 Å². The van der Waals surface area contributed by atoms with Gasteiger partial charge in [0.2, 0.25) is 0 Å². The van der Waals surface area contributed by atoms with Crippen molar-refractivity contribution in [3.63, 3.8) is 0 Å². The molecule has 1 aliphatic heterocycles. The van der Waals surface area contributed by atoms with Gasteiger partial charge in [-0.15, -0.1) is 0 Å². The van der Waals surface area contributed by atoms with Crippen molar-refractivity contribution < 1.29 is 4.74 Å². The molecule has 0 saturated carbocycles. The van der Waals surface area contributed by atoms with Crippen LogP contribution in [0.4, 0.5) is 0 Å². The predicted octanol–water partition coefficient (Wildman–Crippen LogP) is 4.34. The summed E-state index contributed by atoms with van der Waals surface area (Å²) in [6.45, 7) is 8.63. The maximum atomic E-state index is 5.86. The quantitative estimate of drug-likeness (QED) is 0.797. The molecule has 0 aliphatic carbocycles. The van der Waals surface area contributed by atoms with Crippen molar-refractivity contribution in [2.75, 3.05) is 13.2 Å². The van der Waals surface area contributed by atoms with Gasteiger partial charge in [0.05, 0.1) is 6.61 Å². The summed E-state index contributed by atoms with van der Waals surface area (Å²) < 4.78 is 7.04. The minimum absolute atomic E-state index is 0.539. The fourth-order valence-corrected chi connectivity index (χ4v) is 3.81. The predicted molar refractivity (Wildman–Crippen MR) is 88.6 cm³/mol. The van der Waals surface area contributed by atoms with E-state index in [9.17, 15) is 0 Å². The largest absolute Gasteiger partial charge is 0.493 e. The molecule has 0 aromatic heterocycles. The van der Waals surface area contributed by atoms with Gasteiger partial charge in [0.15, 0.2) is 0 Å². The van der Waals surface area contributed by atoms with Gasteiger partial charge < -0.3 is 10.1 Å². The van der Waals surface area contributed by atoms with Crippen LogP contribution >= 0.6 is 15.9 Å². The van der Waals surface area contributed by atoms with E-state index >= 15 is 0 Å². The van der Waals surface area contributed by atoms with Crippen LogP contribution in [0, 0.1) is 5.92 Å². The zero-order valence-corrected chi connectivity index (χ0v) is 14.4. The molecule has 0 amide bonds. The van der Waals surface area contributed by atoms with Crippen LogP contribution in [0.25, 0.3) is 0 Å². The minimum Gasteiger partial charge on any atom is -0.493 e. The lowest BCUT2D eigenvalue weighted by Crippen LogP contribution is -2.37. The van der Waals surface area contributed by atoms with Gasteiger partial charge in [-0.05, 0) is 42.1 Å². The van der Waals surface area contributed by atoms with Crippen LogP contribution in [0.2, 0.25) is 0 Å². The Bertz CT molecular complexity index is 443. The molecule has 2 nitrogen and oxygen atoms in total. The molecule has 0 fully saturated rings. The monoisotopic (exact) mass is 339 g/mol. The first-order valence-electron chi connectivity index (χ1n) is 7.87. The Morgan fingerprint density at radius 2 is 2.00 bits per heavy atom. The van der Waals surface area contributed by atoms with Crippen molar-refractivity contribution >= 4 is 15.9 Å². The highest BCUT2D eigenvalue weighted by Gasteiger charge is 2.23. The molecule has 0 spiro atoms. The van der Waals surface area contributed by atoms with Crippen LogP contribution in [-0.4, -0.2) is 19.2 Å². The van der Waals surface area contributed by atoms with E-state index in [4.69, 9.17) is 4.74 Å². The van der Waals surface area contributed by atoms with E-state index in [1.54, 1.807) is 0 Å². The summed E-state index contributed by atoms with van der Waals surface area (Å²) in [6.07, 6.45) is 4.55. The summed E-state index contributed by atoms with van der Waals surface area (Å²) in [6, 6.07) is 4.97. The highest BCUT2D eigenvalue weighted by atomic mass is 79.9. The number of fused-ring (bicyclic) bond motifs is 1. The van der Waals surface area contributed by atoms with Gasteiger partial charge in [-0.2, -0.15) is 0 Å². The van der Waals surface area contributed by atoms with E-state index in [1.807, 2.05) is 0 Å². The summed E-state index contributed by atoms with van der Waals surface area (Å²) in [7, 11) is 0. The molecule has 0 saturated heterocycles. The second-order valence-corrected chi connectivity index (χ2v) is 6.51. The Balaban J connectivity index is 2.22. The molecular formula is C17H26BrNO. The Morgan fingerprint density at radius 3 is 2.65 bits per heavy atom. The van der Waals surface area contributed by atoms with Gasteiger partial charge in [-0.3, -0.25) is 0 Å². The van der Waals surface area contributed by atoms with Crippen molar-refractivity contribution in [1.29, 1.82) is 0 Å². The zero-order chi connectivity index (χ0) is 14.5. The molecule has 1 aliphatic rings. The number of nitrogens with one attached hydrogen (secondary N) is 1. The molecule has 20 heavy (non-hydrogen) atoms. The third-order valence-corrected chi connectivity index (χ3v) is 4.81. The van der Waals surface area contributed by atoms with Gasteiger partial charge in [0, 0.05) is 16.9 Å². The molecule has 0 radical (unpaired) electrons. The lowest BCUT2D eigenvalue weighted by Gasteiger charge is -2.27. The highest BCUT2D eigenvalue weighted by Crippen LogP contribution is 2.34. The molecule has 1 N–H and O–H groups in total. The van der Waals surface area contributed by atoms with Gasteiger partial charge in [0.1, 0.15) is 5.75 Å². The zero-order valence-electron chi connectivity index (χ0n) is 12.8. The highest BCUT2D eigenvalue weighted by molar-refractivity contribution is 9.10. The standard InChI is InChI=1S/C17H26BrNO/c1-4-12(5-2)16(19-6-3)11-14-10-15(18)9-13-7-8-20-17(13)14/h9-10,12,16,19H,4-8,11H2,1-3H3. The Kier molecular flexibility index (Phi) is 5.91. The van der Waals surface area contributed by atoms with Crippen LogP contribution in [0.5, 0.6) is 5.75 Å². The van der Waals surface area contributed by atoms with E-state index in [0.29, 0.717) is 6.04 Å². The Hall–Kier alpha value is -0.540. The van der Waals surface area contributed by atoms with Crippen LogP contribution in [-0.2, 0) is 12.8 Å². The van der Waals surface area contributed by atoms with Crippen LogP contribution in [0.1, 0.15) is 44.7 Å². The van der Waals surface area contributed by atoms with E-state index in [0.717, 1.165) is 37.7 Å². The van der Waals surface area contributed by atoms with Crippen molar-refractivity contribution in [3.05, 3.63) is 27.7 Å². The SMILES string of the molecule is CCNC(Cc1cc(Br)cc2c1OCC2)C(CC)CC. The second-order valence-electron chi connectivity index (χ2n) is 5.60. The smallest absolute Gasteiger partial charge is 0.125 e. The van der Waals surface area contributed by atoms with Crippen LogP contribution in [0.3, 0.4) is 0 Å². The maximum absolute atomic E-state index is 5.86. The molecule has 112 valence electrons. The molecule has 2 rings (SSSR count). The van der Waals surface area contributed by atoms with E-state index in [2.05, 4.69) is 54.2 Å². The van der Waals surface area contributed by atoms with E-state index in [1.165, 1.54) is 28.4 Å². The molecule has 3 heteroatoms. The number of ether oxygens (including phenoxy) is 1. The first-order valence-corrected chi connectivity index (χ1v) is 8.66. The number of halogens is 1. The molecule has 1 heterocycles. The van der Waals surface area contributed by atoms with Crippen molar-refractivity contribution in [3.8, 4) is 5.75 Å². The molecule has 1 aromatic carbocycles. The third-order valence-electron chi connectivity index (χ3n) is 4.35. The summed E-state index contributed by atoms with van der Waals surface area (Å²) in [5.41, 5.74) is 2.71. The number of hydrogen-bond donors (Lipinski definition) is 1. The number of benzene rings is 1. The second kappa shape index (κ2) is 7.46. The summed E-state index contributed by atoms with van der Waals surface area (Å²) in [5, 5.41) is 3.67. The molecule has 1 atom stereocenters. The third kappa shape index (κ3) is 3.56. The first-order chi connectivity index (χ1) is 9.69. The Labute approximate surface area is 131 Å². The minimum atomic E-state index is 0.539. The first kappa shape index (κ1) is 15.8. The van der Waals surface area contributed by atoms with Gasteiger partial charge in [-0.1, -0.05) is 49.5 Å². The van der Waals surface area contributed by atoms with E-state index < -0.39 is 0 Å². The number of hydrogen-bond acceptors (Lipinski definition) is 2. The van der Waals surface area contributed by atoms with E-state index in [-0.39, 0.29) is 0 Å². The number of rotatable bonds is 7. The van der Waals surface area contributed by atoms with Gasteiger partial charge in [0.25, 0.3) is 0 Å². The topological polar surface area (TPSA) is 21.3 Å². The van der Waals surface area contributed by atoms with Gasteiger partial charge >= 0.3 is 0 Å². The number of likely N-dealkylation sites (N-methyl/N-ethyl adjacent to an activating group) is 1. The molecule has 0 bridgehead atoms. The van der Waals surface area contributed by atoms with Crippen molar-refractivity contribution in [2.24, 2.45) is 5.92 Å². The normalized spacial score (nSPS) is 15.2. The maximum Gasteiger partial charge on any atom is 0.125 e. The van der Waals surface area contributed by atoms with Crippen molar-refractivity contribution in [1.82, 2.24) is 5.32 Å². The molecular weight excluding hydrogens is 314 g/mol. The summed E-state index contributed by atoms with van der Waals surface area (Å²) in [4.78, 5) is 0. The lowest BCUT2D eigenvalue weighted by molar-refractivity contribution is 0.324. The molecule has 1 aromatic rings. The summed E-state index contributed by atoms with van der Waals surface area (Å²) in [5.74, 6) is 1.87. The Morgan fingerprint density at radius 1 is 1.25 bits per heavy atom. The van der Waals surface area contributed by atoms with Gasteiger partial charge in [-0.25, -0.2) is 0 Å². The average molecular weight is 340 g/mol.